The highest BCUT2D eigenvalue weighted by Gasteiger charge is 2.26. The Morgan fingerprint density at radius 1 is 1.60 bits per heavy atom. The minimum atomic E-state index is -0.991. The molecule has 0 saturated carbocycles. The third-order valence-corrected chi connectivity index (χ3v) is 3.62. The summed E-state index contributed by atoms with van der Waals surface area (Å²) in [5, 5.41) is 11.4. The third-order valence-electron chi connectivity index (χ3n) is 2.25. The van der Waals surface area contributed by atoms with Crippen LogP contribution in [0.2, 0.25) is 0 Å². The number of nitriles is 1. The molecule has 4 nitrogen and oxygen atoms in total. The Labute approximate surface area is 93.5 Å². The van der Waals surface area contributed by atoms with Crippen LogP contribution in [0.4, 0.5) is 0 Å². The molecule has 0 bridgehead atoms. The molecule has 5 heteroatoms. The summed E-state index contributed by atoms with van der Waals surface area (Å²) in [6.07, 6.45) is 2.31. The quantitative estimate of drug-likeness (QED) is 0.759. The highest BCUT2D eigenvalue weighted by molar-refractivity contribution is 7.84. The van der Waals surface area contributed by atoms with Crippen molar-refractivity contribution in [2.45, 2.75) is 32.4 Å². The number of carbonyl (C=O) groups excluding carboxylic acids is 1. The van der Waals surface area contributed by atoms with Gasteiger partial charge in [0, 0.05) is 28.9 Å². The van der Waals surface area contributed by atoms with Gasteiger partial charge in [0.2, 0.25) is 5.91 Å². The Hall–Kier alpha value is -0.890. The van der Waals surface area contributed by atoms with E-state index in [2.05, 4.69) is 5.32 Å². The Morgan fingerprint density at radius 3 is 2.53 bits per heavy atom. The minimum Gasteiger partial charge on any atom is -0.355 e. The van der Waals surface area contributed by atoms with Gasteiger partial charge in [-0.05, 0) is 20.3 Å². The van der Waals surface area contributed by atoms with Crippen molar-refractivity contribution in [3.63, 3.8) is 0 Å². The van der Waals surface area contributed by atoms with Crippen LogP contribution < -0.4 is 5.32 Å². The predicted molar refractivity (Wildman–Crippen MR) is 60.5 cm³/mol. The molecule has 0 radical (unpaired) electrons. The monoisotopic (exact) mass is 230 g/mol. The van der Waals surface area contributed by atoms with E-state index in [9.17, 15) is 9.00 Å². The molecule has 0 spiro atoms. The van der Waals surface area contributed by atoms with Gasteiger partial charge in [-0.3, -0.25) is 9.00 Å². The SMILES string of the molecule is CC(CCNC(=O)C(C)(C)C#N)S(C)=O. The normalized spacial score (nSPS) is 15.1. The zero-order valence-electron chi connectivity index (χ0n) is 9.66. The van der Waals surface area contributed by atoms with E-state index in [1.807, 2.05) is 13.0 Å². The van der Waals surface area contributed by atoms with Crippen LogP contribution in [0.5, 0.6) is 0 Å². The smallest absolute Gasteiger partial charge is 0.239 e. The standard InChI is InChI=1S/C10H18N2O2S/c1-8(15(4)14)5-6-12-9(13)10(2,3)7-11/h8H,5-6H2,1-4H3,(H,12,13). The first-order chi connectivity index (χ1) is 6.81. The highest BCUT2D eigenvalue weighted by Crippen LogP contribution is 2.12. The summed E-state index contributed by atoms with van der Waals surface area (Å²) in [4.78, 5) is 11.4. The van der Waals surface area contributed by atoms with Crippen LogP contribution in [0.3, 0.4) is 0 Å². The second kappa shape index (κ2) is 5.86. The fraction of sp³-hybridized carbons (Fsp3) is 0.800. The Bertz CT molecular complexity index is 294. The van der Waals surface area contributed by atoms with E-state index in [0.29, 0.717) is 13.0 Å². The maximum atomic E-state index is 11.4. The average molecular weight is 230 g/mol. The molecule has 0 aliphatic rings. The first kappa shape index (κ1) is 14.1. The topological polar surface area (TPSA) is 70.0 Å². The van der Waals surface area contributed by atoms with Crippen molar-refractivity contribution in [2.75, 3.05) is 12.8 Å². The van der Waals surface area contributed by atoms with Gasteiger partial charge in [-0.2, -0.15) is 5.26 Å². The van der Waals surface area contributed by atoms with Crippen LogP contribution in [0.25, 0.3) is 0 Å². The molecule has 0 aromatic carbocycles. The maximum Gasteiger partial charge on any atom is 0.239 e. The minimum absolute atomic E-state index is 0.0653. The van der Waals surface area contributed by atoms with Gasteiger partial charge in [-0.1, -0.05) is 6.92 Å². The van der Waals surface area contributed by atoms with Gasteiger partial charge in [-0.25, -0.2) is 0 Å². The second-order valence-electron chi connectivity index (χ2n) is 4.09. The van der Waals surface area contributed by atoms with Crippen molar-refractivity contribution in [3.8, 4) is 6.07 Å². The van der Waals surface area contributed by atoms with Crippen molar-refractivity contribution in [2.24, 2.45) is 5.41 Å². The number of hydrogen-bond donors (Lipinski definition) is 1. The summed E-state index contributed by atoms with van der Waals surface area (Å²) < 4.78 is 11.0. The number of carbonyl (C=O) groups is 1. The van der Waals surface area contributed by atoms with E-state index < -0.39 is 16.2 Å². The summed E-state index contributed by atoms with van der Waals surface area (Å²) in [7, 11) is -0.864. The summed E-state index contributed by atoms with van der Waals surface area (Å²) in [5.74, 6) is -0.279. The molecule has 0 aliphatic heterocycles. The summed E-state index contributed by atoms with van der Waals surface area (Å²) in [5.41, 5.74) is -0.991. The van der Waals surface area contributed by atoms with Crippen LogP contribution in [0.15, 0.2) is 0 Å². The van der Waals surface area contributed by atoms with E-state index in [1.165, 1.54) is 0 Å². The zero-order valence-corrected chi connectivity index (χ0v) is 10.5. The molecule has 86 valence electrons. The third kappa shape index (κ3) is 4.93. The zero-order chi connectivity index (χ0) is 12.1. The predicted octanol–water partition coefficient (Wildman–Crippen LogP) is 0.809. The lowest BCUT2D eigenvalue weighted by atomic mass is 9.95. The van der Waals surface area contributed by atoms with Gasteiger partial charge in [-0.15, -0.1) is 0 Å². The molecule has 1 amide bonds. The van der Waals surface area contributed by atoms with Gasteiger partial charge in [0.15, 0.2) is 0 Å². The lowest BCUT2D eigenvalue weighted by Crippen LogP contribution is -2.37. The van der Waals surface area contributed by atoms with Crippen LogP contribution in [0, 0.1) is 16.7 Å². The Kier molecular flexibility index (Phi) is 5.51. The fourth-order valence-corrected chi connectivity index (χ4v) is 1.28. The maximum absolute atomic E-state index is 11.4. The molecule has 0 heterocycles. The average Bonchev–Trinajstić information content (AvgIpc) is 2.17. The molecule has 0 aromatic heterocycles. The lowest BCUT2D eigenvalue weighted by Gasteiger charge is -2.15. The van der Waals surface area contributed by atoms with E-state index in [-0.39, 0.29) is 11.2 Å². The fourth-order valence-electron chi connectivity index (χ4n) is 0.827. The summed E-state index contributed by atoms with van der Waals surface area (Å²) in [6.45, 7) is 5.48. The number of amides is 1. The van der Waals surface area contributed by atoms with E-state index in [0.717, 1.165) is 0 Å². The molecule has 0 aromatic rings. The summed E-state index contributed by atoms with van der Waals surface area (Å²) >= 11 is 0. The van der Waals surface area contributed by atoms with E-state index in [4.69, 9.17) is 5.26 Å². The number of rotatable bonds is 5. The first-order valence-electron chi connectivity index (χ1n) is 4.83. The first-order valence-corrected chi connectivity index (χ1v) is 6.45. The number of nitrogens with one attached hydrogen (secondary N) is 1. The van der Waals surface area contributed by atoms with Crippen LogP contribution in [0.1, 0.15) is 27.2 Å². The van der Waals surface area contributed by atoms with Crippen LogP contribution in [-0.2, 0) is 15.6 Å². The van der Waals surface area contributed by atoms with Crippen molar-refractivity contribution in [3.05, 3.63) is 0 Å². The largest absolute Gasteiger partial charge is 0.355 e. The van der Waals surface area contributed by atoms with E-state index >= 15 is 0 Å². The van der Waals surface area contributed by atoms with Crippen LogP contribution in [-0.4, -0.2) is 28.2 Å². The van der Waals surface area contributed by atoms with Crippen molar-refractivity contribution in [1.82, 2.24) is 5.32 Å². The molecule has 0 rings (SSSR count). The van der Waals surface area contributed by atoms with Crippen molar-refractivity contribution >= 4 is 16.7 Å². The molecular formula is C10H18N2O2S. The molecule has 2 unspecified atom stereocenters. The second-order valence-corrected chi connectivity index (χ2v) is 5.89. The van der Waals surface area contributed by atoms with Gasteiger partial charge >= 0.3 is 0 Å². The van der Waals surface area contributed by atoms with Gasteiger partial charge < -0.3 is 5.32 Å². The number of nitrogens with zero attached hydrogens (tertiary/aromatic N) is 1. The highest BCUT2D eigenvalue weighted by atomic mass is 32.2. The molecule has 0 saturated heterocycles. The Morgan fingerprint density at radius 2 is 2.13 bits per heavy atom. The van der Waals surface area contributed by atoms with Crippen molar-refractivity contribution in [1.29, 1.82) is 5.26 Å². The summed E-state index contributed by atoms with van der Waals surface area (Å²) in [6, 6.07) is 1.93. The van der Waals surface area contributed by atoms with Crippen LogP contribution >= 0.6 is 0 Å². The molecule has 2 atom stereocenters. The van der Waals surface area contributed by atoms with Gasteiger partial charge in [0.05, 0.1) is 6.07 Å². The lowest BCUT2D eigenvalue weighted by molar-refractivity contribution is -0.126. The van der Waals surface area contributed by atoms with E-state index in [1.54, 1.807) is 20.1 Å². The molecule has 15 heavy (non-hydrogen) atoms. The van der Waals surface area contributed by atoms with Crippen molar-refractivity contribution < 1.29 is 9.00 Å². The molecule has 1 N–H and O–H groups in total. The molecular weight excluding hydrogens is 212 g/mol. The number of hydrogen-bond acceptors (Lipinski definition) is 3. The van der Waals surface area contributed by atoms with Gasteiger partial charge in [0.25, 0.3) is 0 Å². The van der Waals surface area contributed by atoms with Gasteiger partial charge in [0.1, 0.15) is 5.41 Å². The molecule has 0 aliphatic carbocycles. The molecule has 0 fully saturated rings. The Balaban J connectivity index is 3.95.